The second kappa shape index (κ2) is 4.43. The maximum absolute atomic E-state index is 3.41. The van der Waals surface area contributed by atoms with Crippen LogP contribution in [0.5, 0.6) is 0 Å². The van der Waals surface area contributed by atoms with E-state index in [-0.39, 0.29) is 0 Å². The van der Waals surface area contributed by atoms with E-state index < -0.39 is 0 Å². The van der Waals surface area contributed by atoms with E-state index in [4.69, 9.17) is 0 Å². The minimum absolute atomic E-state index is 0.430. The van der Waals surface area contributed by atoms with Gasteiger partial charge in [0.25, 0.3) is 0 Å². The molecule has 1 aliphatic heterocycles. The molecule has 0 aromatic heterocycles. The molecule has 1 rings (SSSR count). The van der Waals surface area contributed by atoms with Crippen molar-refractivity contribution in [1.29, 1.82) is 0 Å². The topological polar surface area (TPSA) is 15.3 Å². The fourth-order valence-electron chi connectivity index (χ4n) is 2.12. The van der Waals surface area contributed by atoms with Crippen molar-refractivity contribution in [3.63, 3.8) is 0 Å². The van der Waals surface area contributed by atoms with Crippen molar-refractivity contribution in [1.82, 2.24) is 10.2 Å². The molecule has 0 saturated carbocycles. The van der Waals surface area contributed by atoms with Crippen LogP contribution in [-0.4, -0.2) is 37.6 Å². The molecule has 0 bridgehead atoms. The summed E-state index contributed by atoms with van der Waals surface area (Å²) in [5.41, 5.74) is 0.430. The SMILES string of the molecule is CN(CC(C)(C)C)C1CCNCC1. The fourth-order valence-corrected chi connectivity index (χ4v) is 2.12. The number of rotatable bonds is 2. The van der Waals surface area contributed by atoms with E-state index in [1.807, 2.05) is 0 Å². The molecule has 0 unspecified atom stereocenters. The monoisotopic (exact) mass is 184 g/mol. The molecule has 1 saturated heterocycles. The van der Waals surface area contributed by atoms with Crippen molar-refractivity contribution in [2.24, 2.45) is 5.41 Å². The Bertz CT molecular complexity index is 143. The molecule has 2 heteroatoms. The van der Waals surface area contributed by atoms with E-state index in [0.717, 1.165) is 6.04 Å². The minimum atomic E-state index is 0.430. The van der Waals surface area contributed by atoms with Gasteiger partial charge in [0.15, 0.2) is 0 Å². The highest BCUT2D eigenvalue weighted by atomic mass is 15.1. The Hall–Kier alpha value is -0.0800. The number of hydrogen-bond donors (Lipinski definition) is 1. The molecule has 78 valence electrons. The Morgan fingerprint density at radius 1 is 1.23 bits per heavy atom. The zero-order valence-corrected chi connectivity index (χ0v) is 9.56. The van der Waals surface area contributed by atoms with Crippen LogP contribution in [0.3, 0.4) is 0 Å². The molecule has 0 aliphatic carbocycles. The molecule has 1 N–H and O–H groups in total. The number of nitrogens with zero attached hydrogens (tertiary/aromatic N) is 1. The van der Waals surface area contributed by atoms with Crippen molar-refractivity contribution >= 4 is 0 Å². The minimum Gasteiger partial charge on any atom is -0.317 e. The highest BCUT2D eigenvalue weighted by molar-refractivity contribution is 4.78. The second-order valence-electron chi connectivity index (χ2n) is 5.46. The van der Waals surface area contributed by atoms with Gasteiger partial charge in [-0.3, -0.25) is 0 Å². The number of hydrogen-bond acceptors (Lipinski definition) is 2. The first-order valence-corrected chi connectivity index (χ1v) is 5.40. The highest BCUT2D eigenvalue weighted by Gasteiger charge is 2.21. The molecular formula is C11H24N2. The van der Waals surface area contributed by atoms with Crippen LogP contribution < -0.4 is 5.32 Å². The van der Waals surface area contributed by atoms with Gasteiger partial charge in [0.1, 0.15) is 0 Å². The van der Waals surface area contributed by atoms with Crippen LogP contribution in [0.4, 0.5) is 0 Å². The number of piperidine rings is 1. The zero-order chi connectivity index (χ0) is 9.90. The fraction of sp³-hybridized carbons (Fsp3) is 1.00. The Balaban J connectivity index is 2.33. The molecule has 0 amide bonds. The first kappa shape index (κ1) is 11.0. The molecule has 1 fully saturated rings. The Morgan fingerprint density at radius 3 is 2.23 bits per heavy atom. The molecule has 1 heterocycles. The van der Waals surface area contributed by atoms with Gasteiger partial charge in [0, 0.05) is 12.6 Å². The van der Waals surface area contributed by atoms with Crippen LogP contribution in [0, 0.1) is 5.41 Å². The summed E-state index contributed by atoms with van der Waals surface area (Å²) in [5, 5.41) is 3.41. The summed E-state index contributed by atoms with van der Waals surface area (Å²) in [6.45, 7) is 10.5. The molecule has 1 aliphatic rings. The second-order valence-corrected chi connectivity index (χ2v) is 5.46. The lowest BCUT2D eigenvalue weighted by atomic mass is 9.94. The molecule has 0 radical (unpaired) electrons. The van der Waals surface area contributed by atoms with Gasteiger partial charge in [-0.15, -0.1) is 0 Å². The highest BCUT2D eigenvalue weighted by Crippen LogP contribution is 2.18. The van der Waals surface area contributed by atoms with Gasteiger partial charge in [0.2, 0.25) is 0 Å². The van der Waals surface area contributed by atoms with Gasteiger partial charge in [-0.1, -0.05) is 20.8 Å². The molecule has 13 heavy (non-hydrogen) atoms. The Morgan fingerprint density at radius 2 is 1.77 bits per heavy atom. The summed E-state index contributed by atoms with van der Waals surface area (Å²) >= 11 is 0. The summed E-state index contributed by atoms with van der Waals surface area (Å²) in [6, 6.07) is 0.806. The summed E-state index contributed by atoms with van der Waals surface area (Å²) in [6.07, 6.45) is 2.62. The van der Waals surface area contributed by atoms with Gasteiger partial charge >= 0.3 is 0 Å². The van der Waals surface area contributed by atoms with Gasteiger partial charge < -0.3 is 10.2 Å². The third kappa shape index (κ3) is 4.10. The standard InChI is InChI=1S/C11H24N2/c1-11(2,3)9-13(4)10-5-7-12-8-6-10/h10,12H,5-9H2,1-4H3. The third-order valence-electron chi connectivity index (χ3n) is 2.66. The lowest BCUT2D eigenvalue weighted by Crippen LogP contribution is -2.44. The summed E-state index contributed by atoms with van der Waals surface area (Å²) in [7, 11) is 2.27. The van der Waals surface area contributed by atoms with Crippen molar-refractivity contribution < 1.29 is 0 Å². The maximum Gasteiger partial charge on any atom is 0.0117 e. The van der Waals surface area contributed by atoms with Gasteiger partial charge in [0.05, 0.1) is 0 Å². The summed E-state index contributed by atoms with van der Waals surface area (Å²) in [4.78, 5) is 2.53. The van der Waals surface area contributed by atoms with Crippen LogP contribution >= 0.6 is 0 Å². The predicted octanol–water partition coefficient (Wildman–Crippen LogP) is 1.72. The molecule has 2 nitrogen and oxygen atoms in total. The van der Waals surface area contributed by atoms with E-state index in [1.165, 1.54) is 32.5 Å². The Labute approximate surface area is 82.7 Å². The largest absolute Gasteiger partial charge is 0.317 e. The molecule has 0 atom stereocenters. The first-order valence-electron chi connectivity index (χ1n) is 5.40. The van der Waals surface area contributed by atoms with E-state index in [2.05, 4.69) is 38.0 Å². The van der Waals surface area contributed by atoms with E-state index in [1.54, 1.807) is 0 Å². The van der Waals surface area contributed by atoms with Crippen molar-refractivity contribution in [2.45, 2.75) is 39.7 Å². The smallest absolute Gasteiger partial charge is 0.0117 e. The molecule has 0 spiro atoms. The zero-order valence-electron chi connectivity index (χ0n) is 9.56. The van der Waals surface area contributed by atoms with Crippen molar-refractivity contribution in [3.05, 3.63) is 0 Å². The van der Waals surface area contributed by atoms with Crippen LogP contribution in [0.25, 0.3) is 0 Å². The quantitative estimate of drug-likeness (QED) is 0.703. The predicted molar refractivity (Wildman–Crippen MR) is 58.0 cm³/mol. The lowest BCUT2D eigenvalue weighted by molar-refractivity contribution is 0.146. The average molecular weight is 184 g/mol. The summed E-state index contributed by atoms with van der Waals surface area (Å²) < 4.78 is 0. The van der Waals surface area contributed by atoms with Gasteiger partial charge in [-0.2, -0.15) is 0 Å². The molecule has 0 aromatic carbocycles. The van der Waals surface area contributed by atoms with Gasteiger partial charge in [-0.25, -0.2) is 0 Å². The lowest BCUT2D eigenvalue weighted by Gasteiger charge is -2.35. The van der Waals surface area contributed by atoms with Crippen molar-refractivity contribution in [2.75, 3.05) is 26.7 Å². The van der Waals surface area contributed by atoms with Crippen LogP contribution in [0.1, 0.15) is 33.6 Å². The normalized spacial score (nSPS) is 21.0. The van der Waals surface area contributed by atoms with E-state index in [9.17, 15) is 0 Å². The van der Waals surface area contributed by atoms with Crippen LogP contribution in [0.15, 0.2) is 0 Å². The van der Waals surface area contributed by atoms with Crippen LogP contribution in [0.2, 0.25) is 0 Å². The van der Waals surface area contributed by atoms with Crippen molar-refractivity contribution in [3.8, 4) is 0 Å². The third-order valence-corrected chi connectivity index (χ3v) is 2.66. The van der Waals surface area contributed by atoms with Crippen LogP contribution in [-0.2, 0) is 0 Å². The first-order chi connectivity index (χ1) is 5.99. The summed E-state index contributed by atoms with van der Waals surface area (Å²) in [5.74, 6) is 0. The molecule has 0 aromatic rings. The Kier molecular flexibility index (Phi) is 3.74. The van der Waals surface area contributed by atoms with E-state index >= 15 is 0 Å². The number of nitrogens with one attached hydrogen (secondary N) is 1. The van der Waals surface area contributed by atoms with E-state index in [0.29, 0.717) is 5.41 Å². The molecular weight excluding hydrogens is 160 g/mol. The van der Waals surface area contributed by atoms with Gasteiger partial charge in [-0.05, 0) is 38.4 Å². The average Bonchev–Trinajstić information content (AvgIpc) is 2.03. The maximum atomic E-state index is 3.41.